The molecular weight excluding hydrogens is 320 g/mol. The number of hydrogen-bond donors (Lipinski definition) is 2. The highest BCUT2D eigenvalue weighted by molar-refractivity contribution is 7.99. The van der Waals surface area contributed by atoms with E-state index in [0.29, 0.717) is 5.75 Å². The molecule has 0 radical (unpaired) electrons. The van der Waals surface area contributed by atoms with Gasteiger partial charge in [-0.05, 0) is 30.2 Å². The Balaban J connectivity index is 1.90. The Labute approximate surface area is 137 Å². The molecule has 0 fully saturated rings. The summed E-state index contributed by atoms with van der Waals surface area (Å²) in [6.45, 7) is 1.70. The molecule has 1 atom stereocenters. The molecule has 0 saturated carbocycles. The smallest absolute Gasteiger partial charge is 0.237 e. The van der Waals surface area contributed by atoms with Gasteiger partial charge in [0.2, 0.25) is 5.91 Å². The summed E-state index contributed by atoms with van der Waals surface area (Å²) in [4.78, 5) is 12.0. The van der Waals surface area contributed by atoms with Gasteiger partial charge in [0.05, 0.1) is 17.5 Å². The molecule has 0 aliphatic carbocycles. The normalized spacial score (nSPS) is 12.0. The monoisotopic (exact) mass is 337 g/mol. The molecule has 0 saturated heterocycles. The topological polar surface area (TPSA) is 49.3 Å². The molecule has 0 spiro atoms. The number of rotatable bonds is 6. The molecule has 122 valence electrons. The van der Waals surface area contributed by atoms with Crippen LogP contribution in [0.3, 0.4) is 0 Å². The minimum atomic E-state index is -0.670. The first-order valence-electron chi connectivity index (χ1n) is 7.06. The van der Waals surface area contributed by atoms with Gasteiger partial charge in [0.15, 0.2) is 0 Å². The number of thioether (sulfide) groups is 1. The van der Waals surface area contributed by atoms with E-state index in [1.807, 2.05) is 24.3 Å². The number of aliphatic hydroxyl groups excluding tert-OH is 1. The van der Waals surface area contributed by atoms with Gasteiger partial charge in [-0.1, -0.05) is 24.3 Å². The second-order valence-electron chi connectivity index (χ2n) is 5.04. The van der Waals surface area contributed by atoms with Crippen LogP contribution in [-0.4, -0.2) is 16.3 Å². The lowest BCUT2D eigenvalue weighted by Crippen LogP contribution is -2.23. The first-order chi connectivity index (χ1) is 11.0. The largest absolute Gasteiger partial charge is 0.392 e. The van der Waals surface area contributed by atoms with E-state index < -0.39 is 16.9 Å². The van der Waals surface area contributed by atoms with E-state index in [9.17, 15) is 13.6 Å². The fraction of sp³-hybridized carbons (Fsp3) is 0.235. The summed E-state index contributed by atoms with van der Waals surface area (Å²) in [5, 5.41) is 11.0. The number of carbonyl (C=O) groups is 1. The van der Waals surface area contributed by atoms with Gasteiger partial charge in [0, 0.05) is 11.8 Å². The quantitative estimate of drug-likeness (QED) is 0.845. The minimum absolute atomic E-state index is 0.00850. The number of carbonyl (C=O) groups excluding carboxylic acids is 1. The fourth-order valence-electron chi connectivity index (χ4n) is 1.87. The van der Waals surface area contributed by atoms with E-state index in [0.717, 1.165) is 29.3 Å². The van der Waals surface area contributed by atoms with Crippen molar-refractivity contribution in [2.24, 2.45) is 0 Å². The summed E-state index contributed by atoms with van der Waals surface area (Å²) in [7, 11) is 0. The molecule has 2 aromatic carbocycles. The summed E-state index contributed by atoms with van der Waals surface area (Å²) in [6, 6.07) is 10.3. The van der Waals surface area contributed by atoms with Crippen LogP contribution in [0.4, 0.5) is 14.5 Å². The number of benzene rings is 2. The van der Waals surface area contributed by atoms with Crippen molar-refractivity contribution in [3.05, 3.63) is 65.2 Å². The summed E-state index contributed by atoms with van der Waals surface area (Å²) >= 11 is 1.39. The van der Waals surface area contributed by atoms with Crippen molar-refractivity contribution in [1.82, 2.24) is 0 Å². The molecule has 0 aliphatic rings. The molecule has 2 aromatic rings. The molecule has 23 heavy (non-hydrogen) atoms. The van der Waals surface area contributed by atoms with Crippen LogP contribution in [-0.2, 0) is 17.2 Å². The summed E-state index contributed by atoms with van der Waals surface area (Å²) < 4.78 is 26.6. The lowest BCUT2D eigenvalue weighted by atomic mass is 10.2. The van der Waals surface area contributed by atoms with Crippen molar-refractivity contribution in [2.45, 2.75) is 24.5 Å². The predicted octanol–water partition coefficient (Wildman–Crippen LogP) is 3.72. The van der Waals surface area contributed by atoms with Crippen LogP contribution in [0.5, 0.6) is 0 Å². The van der Waals surface area contributed by atoms with Gasteiger partial charge in [-0.15, -0.1) is 11.8 Å². The van der Waals surface area contributed by atoms with Crippen LogP contribution in [0.15, 0.2) is 42.5 Å². The van der Waals surface area contributed by atoms with Gasteiger partial charge in [-0.25, -0.2) is 8.78 Å². The second kappa shape index (κ2) is 8.08. The lowest BCUT2D eigenvalue weighted by molar-refractivity contribution is -0.115. The zero-order valence-corrected chi connectivity index (χ0v) is 13.4. The third-order valence-corrected chi connectivity index (χ3v) is 4.48. The molecule has 0 aromatic heterocycles. The van der Waals surface area contributed by atoms with E-state index >= 15 is 0 Å². The van der Waals surface area contributed by atoms with E-state index in [4.69, 9.17) is 5.11 Å². The Hall–Kier alpha value is -1.92. The third kappa shape index (κ3) is 5.04. The molecule has 0 aliphatic heterocycles. The highest BCUT2D eigenvalue weighted by atomic mass is 32.2. The van der Waals surface area contributed by atoms with Gasteiger partial charge in [0.1, 0.15) is 11.6 Å². The molecule has 1 amide bonds. The number of hydrogen-bond acceptors (Lipinski definition) is 3. The summed E-state index contributed by atoms with van der Waals surface area (Å²) in [5.41, 5.74) is 1.68. The van der Waals surface area contributed by atoms with Crippen molar-refractivity contribution < 1.29 is 18.7 Å². The van der Waals surface area contributed by atoms with Crippen LogP contribution < -0.4 is 5.32 Å². The SMILES string of the molecule is CC(SCc1ccc(CO)cc1)C(=O)Nc1cc(F)ccc1F. The van der Waals surface area contributed by atoms with E-state index in [1.165, 1.54) is 11.8 Å². The van der Waals surface area contributed by atoms with Crippen LogP contribution in [0.25, 0.3) is 0 Å². The zero-order valence-electron chi connectivity index (χ0n) is 12.6. The lowest BCUT2D eigenvalue weighted by Gasteiger charge is -2.13. The number of aliphatic hydroxyl groups is 1. The molecular formula is C17H17F2NO2S. The maximum absolute atomic E-state index is 13.5. The van der Waals surface area contributed by atoms with Crippen molar-refractivity contribution >= 4 is 23.4 Å². The van der Waals surface area contributed by atoms with Crippen LogP contribution in [0, 0.1) is 11.6 Å². The summed E-state index contributed by atoms with van der Waals surface area (Å²) in [5.74, 6) is -1.06. The van der Waals surface area contributed by atoms with Gasteiger partial charge in [0.25, 0.3) is 0 Å². The summed E-state index contributed by atoms with van der Waals surface area (Å²) in [6.07, 6.45) is 0. The van der Waals surface area contributed by atoms with Gasteiger partial charge in [-0.2, -0.15) is 0 Å². The molecule has 3 nitrogen and oxygen atoms in total. The molecule has 0 bridgehead atoms. The Morgan fingerprint density at radius 1 is 1.17 bits per heavy atom. The Morgan fingerprint density at radius 3 is 2.48 bits per heavy atom. The Kier molecular flexibility index (Phi) is 6.12. The van der Waals surface area contributed by atoms with Gasteiger partial charge in [-0.3, -0.25) is 4.79 Å². The van der Waals surface area contributed by atoms with E-state index in [2.05, 4.69) is 5.32 Å². The maximum Gasteiger partial charge on any atom is 0.237 e. The molecule has 1 unspecified atom stereocenters. The first-order valence-corrected chi connectivity index (χ1v) is 8.10. The third-order valence-electron chi connectivity index (χ3n) is 3.26. The highest BCUT2D eigenvalue weighted by Gasteiger charge is 2.15. The van der Waals surface area contributed by atoms with Crippen molar-refractivity contribution in [2.75, 3.05) is 5.32 Å². The zero-order chi connectivity index (χ0) is 16.8. The Morgan fingerprint density at radius 2 is 1.83 bits per heavy atom. The van der Waals surface area contributed by atoms with E-state index in [-0.39, 0.29) is 18.2 Å². The van der Waals surface area contributed by atoms with Crippen LogP contribution >= 0.6 is 11.8 Å². The van der Waals surface area contributed by atoms with E-state index in [1.54, 1.807) is 6.92 Å². The van der Waals surface area contributed by atoms with Crippen molar-refractivity contribution in [1.29, 1.82) is 0 Å². The molecule has 2 rings (SSSR count). The minimum Gasteiger partial charge on any atom is -0.392 e. The number of anilines is 1. The number of amides is 1. The first kappa shape index (κ1) is 17.4. The average Bonchev–Trinajstić information content (AvgIpc) is 2.56. The highest BCUT2D eigenvalue weighted by Crippen LogP contribution is 2.21. The number of nitrogens with one attached hydrogen (secondary N) is 1. The van der Waals surface area contributed by atoms with Crippen molar-refractivity contribution in [3.63, 3.8) is 0 Å². The fourth-order valence-corrected chi connectivity index (χ4v) is 2.71. The molecule has 6 heteroatoms. The standard InChI is InChI=1S/C17H17F2NO2S/c1-11(23-10-13-4-2-12(9-21)3-5-13)17(22)20-16-8-14(18)6-7-15(16)19/h2-8,11,21H,9-10H2,1H3,(H,20,22). The second-order valence-corrected chi connectivity index (χ2v) is 6.37. The maximum atomic E-state index is 13.5. The van der Waals surface area contributed by atoms with Crippen molar-refractivity contribution in [3.8, 4) is 0 Å². The van der Waals surface area contributed by atoms with Crippen LogP contribution in [0.1, 0.15) is 18.1 Å². The molecule has 2 N–H and O–H groups in total. The predicted molar refractivity (Wildman–Crippen MR) is 88.1 cm³/mol. The molecule has 0 heterocycles. The Bertz CT molecular complexity index is 677. The van der Waals surface area contributed by atoms with Crippen LogP contribution in [0.2, 0.25) is 0 Å². The number of halogens is 2. The van der Waals surface area contributed by atoms with Gasteiger partial charge >= 0.3 is 0 Å². The van der Waals surface area contributed by atoms with Gasteiger partial charge < -0.3 is 10.4 Å². The average molecular weight is 337 g/mol.